The molecule has 33 heavy (non-hydrogen) atoms. The van der Waals surface area contributed by atoms with Gasteiger partial charge < -0.3 is 19.8 Å². The molecule has 1 unspecified atom stereocenters. The van der Waals surface area contributed by atoms with Crippen molar-refractivity contribution in [2.24, 2.45) is 4.99 Å². The second kappa shape index (κ2) is 12.6. The van der Waals surface area contributed by atoms with Gasteiger partial charge in [0.05, 0.1) is 25.4 Å². The maximum absolute atomic E-state index is 5.63. The summed E-state index contributed by atoms with van der Waals surface area (Å²) in [5, 5.41) is 6.83. The minimum Gasteiger partial charge on any atom is -0.497 e. The monoisotopic (exact) mass is 561 g/mol. The molecule has 0 radical (unpaired) electrons. The Kier molecular flexibility index (Phi) is 9.56. The second-order valence-corrected chi connectivity index (χ2v) is 7.85. The van der Waals surface area contributed by atoms with Crippen LogP contribution in [0.15, 0.2) is 70.3 Å². The summed E-state index contributed by atoms with van der Waals surface area (Å²) in [4.78, 5) is 11.5. The number of rotatable bonds is 8. The Hall–Kier alpha value is -2.59. The van der Waals surface area contributed by atoms with Gasteiger partial charge in [0.25, 0.3) is 0 Å². The fraction of sp³-hybridized carbons (Fsp3) is 0.360. The first kappa shape index (κ1) is 25.0. The van der Waals surface area contributed by atoms with Gasteiger partial charge in [-0.1, -0.05) is 30.3 Å². The molecule has 1 aliphatic rings. The molecule has 2 N–H and O–H groups in total. The molecule has 0 amide bonds. The number of hydrogen-bond donors (Lipinski definition) is 2. The summed E-state index contributed by atoms with van der Waals surface area (Å²) >= 11 is 0. The zero-order chi connectivity index (χ0) is 22.2. The number of hydrogen-bond acceptors (Lipinski definition) is 5. The Morgan fingerprint density at radius 3 is 2.64 bits per heavy atom. The van der Waals surface area contributed by atoms with Crippen molar-refractivity contribution in [3.63, 3.8) is 0 Å². The minimum atomic E-state index is 0. The van der Waals surface area contributed by atoms with E-state index in [1.807, 2.05) is 36.4 Å². The Balaban J connectivity index is 0.00000306. The average Bonchev–Trinajstić information content (AvgIpc) is 3.55. The predicted octanol–water partition coefficient (Wildman–Crippen LogP) is 4.47. The van der Waals surface area contributed by atoms with Crippen LogP contribution in [0.4, 0.5) is 0 Å². The van der Waals surface area contributed by atoms with Crippen molar-refractivity contribution >= 4 is 29.9 Å². The molecule has 2 aromatic carbocycles. The number of methoxy groups -OCH3 is 1. The van der Waals surface area contributed by atoms with Crippen LogP contribution in [0.25, 0.3) is 11.5 Å². The Morgan fingerprint density at radius 2 is 1.91 bits per heavy atom. The van der Waals surface area contributed by atoms with Gasteiger partial charge in [-0.3, -0.25) is 9.89 Å². The summed E-state index contributed by atoms with van der Waals surface area (Å²) in [7, 11) is 3.49. The van der Waals surface area contributed by atoms with Crippen LogP contribution in [0.5, 0.6) is 5.75 Å². The van der Waals surface area contributed by atoms with E-state index >= 15 is 0 Å². The van der Waals surface area contributed by atoms with Gasteiger partial charge in [-0.15, -0.1) is 24.0 Å². The highest BCUT2D eigenvalue weighted by Gasteiger charge is 2.24. The van der Waals surface area contributed by atoms with E-state index in [1.165, 1.54) is 18.4 Å². The zero-order valence-electron chi connectivity index (χ0n) is 19.2. The first-order valence-corrected chi connectivity index (χ1v) is 11.1. The van der Waals surface area contributed by atoms with Gasteiger partial charge in [0.2, 0.25) is 5.89 Å². The molecule has 7 nitrogen and oxygen atoms in total. The van der Waals surface area contributed by atoms with E-state index in [0.717, 1.165) is 42.6 Å². The Morgan fingerprint density at radius 1 is 1.12 bits per heavy atom. The molecule has 1 saturated heterocycles. The van der Waals surface area contributed by atoms with E-state index in [9.17, 15) is 0 Å². The molecule has 8 heteroatoms. The van der Waals surface area contributed by atoms with Gasteiger partial charge in [0, 0.05) is 19.2 Å². The zero-order valence-corrected chi connectivity index (χ0v) is 21.5. The highest BCUT2D eigenvalue weighted by atomic mass is 127. The number of ether oxygens (including phenoxy) is 1. The fourth-order valence-corrected chi connectivity index (χ4v) is 4.05. The van der Waals surface area contributed by atoms with Crippen molar-refractivity contribution in [1.82, 2.24) is 20.5 Å². The van der Waals surface area contributed by atoms with Gasteiger partial charge >= 0.3 is 0 Å². The molecular weight excluding hydrogens is 529 g/mol. The van der Waals surface area contributed by atoms with Gasteiger partial charge in [-0.05, 0) is 55.8 Å². The third-order valence-corrected chi connectivity index (χ3v) is 5.76. The average molecular weight is 561 g/mol. The lowest BCUT2D eigenvalue weighted by Crippen LogP contribution is -2.42. The molecule has 2 heterocycles. The van der Waals surface area contributed by atoms with Crippen molar-refractivity contribution in [2.75, 3.05) is 33.8 Å². The van der Waals surface area contributed by atoms with E-state index < -0.39 is 0 Å². The number of nitrogens with zero attached hydrogens (tertiary/aromatic N) is 3. The number of oxazole rings is 1. The quantitative estimate of drug-likeness (QED) is 0.240. The molecule has 1 fully saturated rings. The number of likely N-dealkylation sites (tertiary alicyclic amines) is 1. The maximum atomic E-state index is 5.63. The van der Waals surface area contributed by atoms with Crippen LogP contribution in [0.1, 0.15) is 30.1 Å². The van der Waals surface area contributed by atoms with E-state index in [1.54, 1.807) is 20.4 Å². The molecule has 4 rings (SSSR count). The predicted molar refractivity (Wildman–Crippen MR) is 142 cm³/mol. The second-order valence-electron chi connectivity index (χ2n) is 7.85. The summed E-state index contributed by atoms with van der Waals surface area (Å²) < 4.78 is 11.1. The summed E-state index contributed by atoms with van der Waals surface area (Å²) in [5.74, 6) is 2.24. The highest BCUT2D eigenvalue weighted by molar-refractivity contribution is 14.0. The van der Waals surface area contributed by atoms with Crippen molar-refractivity contribution in [3.05, 3.63) is 72.1 Å². The third kappa shape index (κ3) is 6.70. The standard InChI is InChI=1S/C25H31N5O2.HI/c1-26-25(27-16-21-18-32-24(29-21)19-9-4-3-5-10-19)28-17-23(30-13-6-7-14-30)20-11-8-12-22(15-20)31-2;/h3-5,8-12,15,18,23H,6-7,13-14,16-17H2,1-2H3,(H2,26,27,28);1H. The van der Waals surface area contributed by atoms with Crippen LogP contribution in [-0.2, 0) is 6.54 Å². The number of nitrogens with one attached hydrogen (secondary N) is 2. The van der Waals surface area contributed by atoms with Gasteiger partial charge in [0.1, 0.15) is 12.0 Å². The van der Waals surface area contributed by atoms with Crippen molar-refractivity contribution in [3.8, 4) is 17.2 Å². The van der Waals surface area contributed by atoms with Crippen LogP contribution >= 0.6 is 24.0 Å². The first-order chi connectivity index (χ1) is 15.8. The highest BCUT2D eigenvalue weighted by Crippen LogP contribution is 2.27. The van der Waals surface area contributed by atoms with E-state index in [4.69, 9.17) is 9.15 Å². The van der Waals surface area contributed by atoms with E-state index in [0.29, 0.717) is 12.4 Å². The molecule has 1 aromatic heterocycles. The van der Waals surface area contributed by atoms with Crippen LogP contribution in [-0.4, -0.2) is 49.6 Å². The molecule has 1 aliphatic heterocycles. The Bertz CT molecular complexity index is 1020. The number of aromatic nitrogens is 1. The van der Waals surface area contributed by atoms with Gasteiger partial charge in [-0.25, -0.2) is 4.98 Å². The van der Waals surface area contributed by atoms with Crippen molar-refractivity contribution < 1.29 is 9.15 Å². The lowest BCUT2D eigenvalue weighted by molar-refractivity contribution is 0.245. The topological polar surface area (TPSA) is 74.9 Å². The molecule has 0 aliphatic carbocycles. The van der Waals surface area contributed by atoms with Crippen molar-refractivity contribution in [2.45, 2.75) is 25.4 Å². The maximum Gasteiger partial charge on any atom is 0.226 e. The van der Waals surface area contributed by atoms with Gasteiger partial charge in [-0.2, -0.15) is 0 Å². The summed E-state index contributed by atoms with van der Waals surface area (Å²) in [6.45, 7) is 3.50. The molecule has 0 saturated carbocycles. The van der Waals surface area contributed by atoms with Gasteiger partial charge in [0.15, 0.2) is 5.96 Å². The van der Waals surface area contributed by atoms with E-state index in [2.05, 4.69) is 43.7 Å². The normalized spacial score (nSPS) is 15.0. The molecule has 0 spiro atoms. The lowest BCUT2D eigenvalue weighted by Gasteiger charge is -2.29. The van der Waals surface area contributed by atoms with Crippen molar-refractivity contribution in [1.29, 1.82) is 0 Å². The third-order valence-electron chi connectivity index (χ3n) is 5.76. The number of guanidine groups is 1. The smallest absolute Gasteiger partial charge is 0.226 e. The molecule has 176 valence electrons. The number of aliphatic imine (C=N–C) groups is 1. The molecule has 0 bridgehead atoms. The lowest BCUT2D eigenvalue weighted by atomic mass is 10.1. The van der Waals surface area contributed by atoms with E-state index in [-0.39, 0.29) is 30.0 Å². The molecule has 1 atom stereocenters. The fourth-order valence-electron chi connectivity index (χ4n) is 4.05. The van der Waals surface area contributed by atoms with Crippen LogP contribution < -0.4 is 15.4 Å². The van der Waals surface area contributed by atoms with Crippen LogP contribution in [0, 0.1) is 0 Å². The summed E-state index contributed by atoms with van der Waals surface area (Å²) in [6, 6.07) is 18.5. The minimum absolute atomic E-state index is 0. The first-order valence-electron chi connectivity index (χ1n) is 11.1. The summed E-state index contributed by atoms with van der Waals surface area (Å²) in [5.41, 5.74) is 3.04. The summed E-state index contributed by atoms with van der Waals surface area (Å²) in [6.07, 6.45) is 4.17. The Labute approximate surface area is 212 Å². The SMILES string of the molecule is CN=C(NCc1coc(-c2ccccc2)n1)NCC(c1cccc(OC)c1)N1CCCC1.I. The van der Waals surface area contributed by atoms with Crippen LogP contribution in [0.2, 0.25) is 0 Å². The largest absolute Gasteiger partial charge is 0.497 e. The van der Waals surface area contributed by atoms with Crippen LogP contribution in [0.3, 0.4) is 0 Å². The molecular formula is C25H32IN5O2. The molecule has 3 aromatic rings. The number of halogens is 1. The number of benzene rings is 2.